The minimum Gasteiger partial charge on any atom is -0.266 e. The van der Waals surface area contributed by atoms with Gasteiger partial charge in [-0.3, -0.25) is 4.84 Å². The maximum atomic E-state index is 5.85. The molecular weight excluding hydrogens is 210 g/mol. The van der Waals surface area contributed by atoms with E-state index in [1.54, 1.807) is 0 Å². The van der Waals surface area contributed by atoms with Crippen LogP contribution in [0.1, 0.15) is 22.5 Å². The van der Waals surface area contributed by atoms with Gasteiger partial charge in [0.15, 0.2) is 6.61 Å². The molecule has 2 aromatic rings. The summed E-state index contributed by atoms with van der Waals surface area (Å²) in [6, 6.07) is 14.4. The van der Waals surface area contributed by atoms with Crippen molar-refractivity contribution in [1.29, 1.82) is 0 Å². The lowest BCUT2D eigenvalue weighted by molar-refractivity contribution is -0.903. The van der Waals surface area contributed by atoms with Crippen LogP contribution in [0, 0.1) is 20.8 Å². The maximum absolute atomic E-state index is 5.85. The second-order valence-corrected chi connectivity index (χ2v) is 4.30. The van der Waals surface area contributed by atoms with Crippen LogP contribution in [0.25, 0.3) is 0 Å². The van der Waals surface area contributed by atoms with Gasteiger partial charge in [0.1, 0.15) is 0 Å². The topological polar surface area (TPSA) is 13.1 Å². The van der Waals surface area contributed by atoms with Crippen LogP contribution >= 0.6 is 0 Å². The summed E-state index contributed by atoms with van der Waals surface area (Å²) < 4.78 is 1.91. The number of hydrogen-bond donors (Lipinski definition) is 0. The van der Waals surface area contributed by atoms with Gasteiger partial charge in [-0.05, 0) is 18.6 Å². The molecule has 0 aliphatic carbocycles. The van der Waals surface area contributed by atoms with E-state index in [2.05, 4.69) is 45.0 Å². The van der Waals surface area contributed by atoms with Crippen molar-refractivity contribution >= 4 is 0 Å². The van der Waals surface area contributed by atoms with Crippen LogP contribution in [-0.2, 0) is 6.61 Å². The number of aromatic nitrogens is 1. The number of pyridine rings is 1. The van der Waals surface area contributed by atoms with Crippen LogP contribution in [-0.4, -0.2) is 0 Å². The Morgan fingerprint density at radius 1 is 0.941 bits per heavy atom. The fourth-order valence-electron chi connectivity index (χ4n) is 1.77. The number of hydrogen-bond acceptors (Lipinski definition) is 1. The summed E-state index contributed by atoms with van der Waals surface area (Å²) in [5.41, 5.74) is 4.69. The summed E-state index contributed by atoms with van der Waals surface area (Å²) in [6.45, 7) is 6.82. The van der Waals surface area contributed by atoms with Crippen LogP contribution in [0.15, 0.2) is 42.5 Å². The Labute approximate surface area is 102 Å². The molecule has 0 saturated heterocycles. The fourth-order valence-corrected chi connectivity index (χ4v) is 1.77. The molecule has 0 fully saturated rings. The zero-order valence-electron chi connectivity index (χ0n) is 10.6. The molecule has 1 aromatic carbocycles. The molecule has 2 nitrogen and oxygen atoms in total. The Morgan fingerprint density at radius 3 is 2.35 bits per heavy atom. The number of benzene rings is 1. The first-order valence-electron chi connectivity index (χ1n) is 5.84. The molecule has 0 bridgehead atoms. The van der Waals surface area contributed by atoms with E-state index >= 15 is 0 Å². The lowest BCUT2D eigenvalue weighted by Gasteiger charge is -2.05. The predicted octanol–water partition coefficient (Wildman–Crippen LogP) is 2.53. The van der Waals surface area contributed by atoms with Gasteiger partial charge >= 0.3 is 0 Å². The smallest absolute Gasteiger partial charge is 0.234 e. The third-order valence-electron chi connectivity index (χ3n) is 2.97. The van der Waals surface area contributed by atoms with Crippen LogP contribution in [0.2, 0.25) is 0 Å². The van der Waals surface area contributed by atoms with Crippen molar-refractivity contribution in [1.82, 2.24) is 0 Å². The second-order valence-electron chi connectivity index (χ2n) is 4.30. The van der Waals surface area contributed by atoms with Gasteiger partial charge in [-0.1, -0.05) is 30.3 Å². The molecule has 0 N–H and O–H groups in total. The Morgan fingerprint density at radius 2 is 1.65 bits per heavy atom. The van der Waals surface area contributed by atoms with Crippen LogP contribution in [0.5, 0.6) is 0 Å². The van der Waals surface area contributed by atoms with Crippen LogP contribution in [0.3, 0.4) is 0 Å². The summed E-state index contributed by atoms with van der Waals surface area (Å²) >= 11 is 0. The molecule has 2 heteroatoms. The summed E-state index contributed by atoms with van der Waals surface area (Å²) in [5, 5.41) is 0. The van der Waals surface area contributed by atoms with Crippen LogP contribution < -0.4 is 9.57 Å². The van der Waals surface area contributed by atoms with Gasteiger partial charge in [0.2, 0.25) is 11.4 Å². The average molecular weight is 228 g/mol. The first-order valence-corrected chi connectivity index (χ1v) is 5.84. The fraction of sp³-hybridized carbons (Fsp3) is 0.267. The van der Waals surface area contributed by atoms with Crippen molar-refractivity contribution in [3.8, 4) is 0 Å². The molecule has 0 aliphatic rings. The van der Waals surface area contributed by atoms with E-state index in [0.717, 1.165) is 11.4 Å². The maximum Gasteiger partial charge on any atom is 0.234 e. The van der Waals surface area contributed by atoms with Gasteiger partial charge in [0.25, 0.3) is 0 Å². The molecule has 0 spiro atoms. The number of aryl methyl sites for hydroxylation is 2. The molecule has 0 unspecified atom stereocenters. The van der Waals surface area contributed by atoms with E-state index in [1.807, 2.05) is 22.9 Å². The third kappa shape index (κ3) is 2.64. The number of rotatable bonds is 3. The standard InChI is InChI=1S/C15H18NO/c1-12-9-10-13(2)16(14(12)3)17-11-15-7-5-4-6-8-15/h4-10H,11H2,1-3H3/q+1. The van der Waals surface area contributed by atoms with Gasteiger partial charge in [-0.15, -0.1) is 0 Å². The molecule has 1 aromatic heterocycles. The highest BCUT2D eigenvalue weighted by Gasteiger charge is 2.14. The molecule has 0 amide bonds. The monoisotopic (exact) mass is 228 g/mol. The Kier molecular flexibility index (Phi) is 3.43. The lowest BCUT2D eigenvalue weighted by Crippen LogP contribution is -2.48. The summed E-state index contributed by atoms with van der Waals surface area (Å²) in [7, 11) is 0. The molecule has 0 atom stereocenters. The Bertz CT molecular complexity index is 506. The van der Waals surface area contributed by atoms with Gasteiger partial charge in [-0.25, -0.2) is 0 Å². The lowest BCUT2D eigenvalue weighted by atomic mass is 10.2. The molecule has 1 heterocycles. The molecule has 17 heavy (non-hydrogen) atoms. The Hall–Kier alpha value is -1.83. The SMILES string of the molecule is Cc1ccc(C)[n+](OCc2ccccc2)c1C. The van der Waals surface area contributed by atoms with Crippen molar-refractivity contribution in [2.24, 2.45) is 0 Å². The third-order valence-corrected chi connectivity index (χ3v) is 2.97. The molecule has 88 valence electrons. The second kappa shape index (κ2) is 5.00. The minimum atomic E-state index is 0.594. The van der Waals surface area contributed by atoms with Gasteiger partial charge in [0, 0.05) is 30.2 Å². The highest BCUT2D eigenvalue weighted by molar-refractivity contribution is 5.14. The molecule has 0 aliphatic heterocycles. The van der Waals surface area contributed by atoms with E-state index in [-0.39, 0.29) is 0 Å². The first kappa shape index (κ1) is 11.6. The van der Waals surface area contributed by atoms with Crippen molar-refractivity contribution in [2.75, 3.05) is 0 Å². The Balaban J connectivity index is 2.17. The zero-order valence-corrected chi connectivity index (χ0v) is 10.6. The highest BCUT2D eigenvalue weighted by atomic mass is 16.7. The summed E-state index contributed by atoms with van der Waals surface area (Å²) in [4.78, 5) is 5.85. The largest absolute Gasteiger partial charge is 0.266 e. The molecular formula is C15H18NO+. The van der Waals surface area contributed by atoms with E-state index in [0.29, 0.717) is 6.61 Å². The molecule has 2 rings (SSSR count). The molecule has 0 saturated carbocycles. The average Bonchev–Trinajstić information content (AvgIpc) is 2.35. The summed E-state index contributed by atoms with van der Waals surface area (Å²) in [6.07, 6.45) is 0. The van der Waals surface area contributed by atoms with Crippen LogP contribution in [0.4, 0.5) is 0 Å². The van der Waals surface area contributed by atoms with E-state index in [1.165, 1.54) is 11.1 Å². The van der Waals surface area contributed by atoms with Crippen molar-refractivity contribution in [3.05, 3.63) is 65.0 Å². The normalized spacial score (nSPS) is 10.3. The van der Waals surface area contributed by atoms with Crippen molar-refractivity contribution in [3.63, 3.8) is 0 Å². The van der Waals surface area contributed by atoms with E-state index in [4.69, 9.17) is 4.84 Å². The van der Waals surface area contributed by atoms with Crippen molar-refractivity contribution in [2.45, 2.75) is 27.4 Å². The van der Waals surface area contributed by atoms with Gasteiger partial charge < -0.3 is 0 Å². The first-order chi connectivity index (χ1) is 8.18. The van der Waals surface area contributed by atoms with Crippen molar-refractivity contribution < 1.29 is 9.57 Å². The highest BCUT2D eigenvalue weighted by Crippen LogP contribution is 2.03. The van der Waals surface area contributed by atoms with Gasteiger partial charge in [0.05, 0.1) is 0 Å². The zero-order chi connectivity index (χ0) is 12.3. The van der Waals surface area contributed by atoms with E-state index < -0.39 is 0 Å². The minimum absolute atomic E-state index is 0.594. The quantitative estimate of drug-likeness (QED) is 0.736. The van der Waals surface area contributed by atoms with E-state index in [9.17, 15) is 0 Å². The summed E-state index contributed by atoms with van der Waals surface area (Å²) in [5.74, 6) is 0. The number of nitrogens with zero attached hydrogens (tertiary/aromatic N) is 1. The molecule has 0 radical (unpaired) electrons. The predicted molar refractivity (Wildman–Crippen MR) is 67.6 cm³/mol. The van der Waals surface area contributed by atoms with Gasteiger partial charge in [-0.2, -0.15) is 0 Å².